The summed E-state index contributed by atoms with van der Waals surface area (Å²) < 4.78 is 0. The standard InChI is InChI=1S/C23H17N3O2/c27-22(25-19-11-2-1-3-12-19)17-8-4-9-18(15-17)23(28)26-20-13-5-7-16-10-6-14-24-21(16)20/h1-15H,(H,25,27)(H,26,28). The molecule has 0 aliphatic rings. The van der Waals surface area contributed by atoms with E-state index in [0.29, 0.717) is 22.5 Å². The molecular weight excluding hydrogens is 350 g/mol. The molecule has 0 bridgehead atoms. The fraction of sp³-hybridized carbons (Fsp3) is 0. The predicted molar refractivity (Wildman–Crippen MR) is 111 cm³/mol. The van der Waals surface area contributed by atoms with Gasteiger partial charge < -0.3 is 10.6 Å². The topological polar surface area (TPSA) is 71.1 Å². The molecule has 0 saturated carbocycles. The molecule has 1 heterocycles. The van der Waals surface area contributed by atoms with Crippen LogP contribution in [0.5, 0.6) is 0 Å². The van der Waals surface area contributed by atoms with E-state index in [1.165, 1.54) is 0 Å². The maximum atomic E-state index is 12.7. The molecule has 28 heavy (non-hydrogen) atoms. The Labute approximate surface area is 162 Å². The summed E-state index contributed by atoms with van der Waals surface area (Å²) in [5.41, 5.74) is 2.85. The number of hydrogen-bond acceptors (Lipinski definition) is 3. The minimum absolute atomic E-state index is 0.271. The summed E-state index contributed by atoms with van der Waals surface area (Å²) in [6, 6.07) is 25.2. The Morgan fingerprint density at radius 1 is 0.679 bits per heavy atom. The smallest absolute Gasteiger partial charge is 0.255 e. The van der Waals surface area contributed by atoms with Gasteiger partial charge in [0.05, 0.1) is 11.2 Å². The van der Waals surface area contributed by atoms with Crippen molar-refractivity contribution in [3.63, 3.8) is 0 Å². The van der Waals surface area contributed by atoms with Crippen LogP contribution < -0.4 is 10.6 Å². The number of nitrogens with one attached hydrogen (secondary N) is 2. The third kappa shape index (κ3) is 3.73. The third-order valence-corrected chi connectivity index (χ3v) is 4.30. The second kappa shape index (κ2) is 7.72. The SMILES string of the molecule is O=C(Nc1ccccc1)c1cccc(C(=O)Nc2cccc3cccnc23)c1. The number of hydrogen-bond donors (Lipinski definition) is 2. The summed E-state index contributed by atoms with van der Waals surface area (Å²) in [7, 11) is 0. The molecule has 5 heteroatoms. The molecular formula is C23H17N3O2. The van der Waals surface area contributed by atoms with E-state index in [1.54, 1.807) is 36.5 Å². The molecule has 0 spiro atoms. The number of para-hydroxylation sites is 2. The van der Waals surface area contributed by atoms with Crippen molar-refractivity contribution < 1.29 is 9.59 Å². The van der Waals surface area contributed by atoms with Crippen LogP contribution in [0.1, 0.15) is 20.7 Å². The highest BCUT2D eigenvalue weighted by molar-refractivity contribution is 6.10. The minimum Gasteiger partial charge on any atom is -0.322 e. The van der Waals surface area contributed by atoms with Crippen molar-refractivity contribution in [2.24, 2.45) is 0 Å². The van der Waals surface area contributed by atoms with Crippen molar-refractivity contribution in [1.82, 2.24) is 4.98 Å². The lowest BCUT2D eigenvalue weighted by molar-refractivity contribution is 0.102. The van der Waals surface area contributed by atoms with Crippen LogP contribution in [0.25, 0.3) is 10.9 Å². The summed E-state index contributed by atoms with van der Waals surface area (Å²) in [6.07, 6.45) is 1.69. The van der Waals surface area contributed by atoms with E-state index in [2.05, 4.69) is 15.6 Å². The van der Waals surface area contributed by atoms with Gasteiger partial charge in [-0.3, -0.25) is 14.6 Å². The molecule has 0 fully saturated rings. The number of fused-ring (bicyclic) bond motifs is 1. The Bertz CT molecular complexity index is 1150. The Balaban J connectivity index is 1.55. The van der Waals surface area contributed by atoms with Gasteiger partial charge in [-0.2, -0.15) is 0 Å². The Kier molecular flexibility index (Phi) is 4.80. The van der Waals surface area contributed by atoms with E-state index in [0.717, 1.165) is 10.9 Å². The van der Waals surface area contributed by atoms with Gasteiger partial charge in [-0.25, -0.2) is 0 Å². The number of rotatable bonds is 4. The Morgan fingerprint density at radius 2 is 1.36 bits per heavy atom. The lowest BCUT2D eigenvalue weighted by Crippen LogP contribution is -2.15. The highest BCUT2D eigenvalue weighted by Crippen LogP contribution is 2.21. The van der Waals surface area contributed by atoms with Gasteiger partial charge in [0.25, 0.3) is 11.8 Å². The third-order valence-electron chi connectivity index (χ3n) is 4.30. The summed E-state index contributed by atoms with van der Waals surface area (Å²) >= 11 is 0. The Hall–Kier alpha value is -3.99. The highest BCUT2D eigenvalue weighted by Gasteiger charge is 2.12. The lowest BCUT2D eigenvalue weighted by atomic mass is 10.1. The molecule has 0 aliphatic carbocycles. The van der Waals surface area contributed by atoms with E-state index in [9.17, 15) is 9.59 Å². The van der Waals surface area contributed by atoms with Gasteiger partial charge in [-0.15, -0.1) is 0 Å². The average molecular weight is 367 g/mol. The highest BCUT2D eigenvalue weighted by atomic mass is 16.2. The van der Waals surface area contributed by atoms with Gasteiger partial charge >= 0.3 is 0 Å². The molecule has 0 unspecified atom stereocenters. The summed E-state index contributed by atoms with van der Waals surface area (Å²) in [5.74, 6) is -0.569. The molecule has 1 aromatic heterocycles. The first-order valence-corrected chi connectivity index (χ1v) is 8.82. The number of nitrogens with zero attached hydrogens (tertiary/aromatic N) is 1. The van der Waals surface area contributed by atoms with Crippen LogP contribution >= 0.6 is 0 Å². The molecule has 0 saturated heterocycles. The number of anilines is 2. The zero-order chi connectivity index (χ0) is 19.3. The van der Waals surface area contributed by atoms with E-state index >= 15 is 0 Å². The van der Waals surface area contributed by atoms with Crippen LogP contribution in [-0.4, -0.2) is 16.8 Å². The van der Waals surface area contributed by atoms with Crippen molar-refractivity contribution >= 4 is 34.1 Å². The maximum absolute atomic E-state index is 12.7. The van der Waals surface area contributed by atoms with Gasteiger partial charge in [-0.1, -0.05) is 42.5 Å². The number of carbonyl (C=O) groups excluding carboxylic acids is 2. The largest absolute Gasteiger partial charge is 0.322 e. The zero-order valence-corrected chi connectivity index (χ0v) is 14.9. The first-order valence-electron chi connectivity index (χ1n) is 8.82. The van der Waals surface area contributed by atoms with E-state index in [-0.39, 0.29) is 11.8 Å². The molecule has 0 aliphatic heterocycles. The van der Waals surface area contributed by atoms with E-state index < -0.39 is 0 Å². The maximum Gasteiger partial charge on any atom is 0.255 e. The van der Waals surface area contributed by atoms with E-state index in [1.807, 2.05) is 54.6 Å². The summed E-state index contributed by atoms with van der Waals surface area (Å²) in [6.45, 7) is 0. The fourth-order valence-electron chi connectivity index (χ4n) is 2.93. The molecule has 136 valence electrons. The molecule has 3 aromatic carbocycles. The first-order chi connectivity index (χ1) is 13.7. The monoisotopic (exact) mass is 367 g/mol. The summed E-state index contributed by atoms with van der Waals surface area (Å²) in [4.78, 5) is 29.5. The minimum atomic E-state index is -0.299. The van der Waals surface area contributed by atoms with Crippen molar-refractivity contribution in [2.75, 3.05) is 10.6 Å². The molecule has 0 atom stereocenters. The van der Waals surface area contributed by atoms with Crippen LogP contribution in [0.2, 0.25) is 0 Å². The number of aromatic nitrogens is 1. The normalized spacial score (nSPS) is 10.4. The first kappa shape index (κ1) is 17.4. The Morgan fingerprint density at radius 3 is 2.14 bits per heavy atom. The average Bonchev–Trinajstić information content (AvgIpc) is 2.75. The van der Waals surface area contributed by atoms with Gasteiger partial charge in [0.2, 0.25) is 0 Å². The predicted octanol–water partition coefficient (Wildman–Crippen LogP) is 4.74. The van der Waals surface area contributed by atoms with Gasteiger partial charge in [-0.05, 0) is 42.5 Å². The van der Waals surface area contributed by atoms with E-state index in [4.69, 9.17) is 0 Å². The summed E-state index contributed by atoms with van der Waals surface area (Å²) in [5, 5.41) is 6.64. The molecule has 2 amide bonds. The molecule has 2 N–H and O–H groups in total. The second-order valence-electron chi connectivity index (χ2n) is 6.24. The van der Waals surface area contributed by atoms with Crippen molar-refractivity contribution in [1.29, 1.82) is 0 Å². The van der Waals surface area contributed by atoms with Crippen LogP contribution in [0.15, 0.2) is 91.1 Å². The van der Waals surface area contributed by atoms with Crippen molar-refractivity contribution in [2.45, 2.75) is 0 Å². The van der Waals surface area contributed by atoms with Crippen LogP contribution in [0.3, 0.4) is 0 Å². The van der Waals surface area contributed by atoms with Crippen LogP contribution in [0, 0.1) is 0 Å². The number of amides is 2. The van der Waals surface area contributed by atoms with Crippen LogP contribution in [0.4, 0.5) is 11.4 Å². The quantitative estimate of drug-likeness (QED) is 0.547. The van der Waals surface area contributed by atoms with Gasteiger partial charge in [0, 0.05) is 28.4 Å². The van der Waals surface area contributed by atoms with Gasteiger partial charge in [0.1, 0.15) is 0 Å². The van der Waals surface area contributed by atoms with Gasteiger partial charge in [0.15, 0.2) is 0 Å². The molecule has 4 rings (SSSR count). The van der Waals surface area contributed by atoms with Crippen molar-refractivity contribution in [3.8, 4) is 0 Å². The van der Waals surface area contributed by atoms with Crippen molar-refractivity contribution in [3.05, 3.63) is 102 Å². The van der Waals surface area contributed by atoms with Crippen LogP contribution in [-0.2, 0) is 0 Å². The number of carbonyl (C=O) groups is 2. The number of pyridine rings is 1. The molecule has 0 radical (unpaired) electrons. The fourth-order valence-corrected chi connectivity index (χ4v) is 2.93. The number of benzene rings is 3. The lowest BCUT2D eigenvalue weighted by Gasteiger charge is -2.09. The second-order valence-corrected chi connectivity index (χ2v) is 6.24. The molecule has 5 nitrogen and oxygen atoms in total. The molecule has 4 aromatic rings. The zero-order valence-electron chi connectivity index (χ0n) is 14.9.